The number of aliphatic hydroxyl groups excluding tert-OH is 1. The maximum Gasteiger partial charge on any atom is 0.223 e. The van der Waals surface area contributed by atoms with Crippen molar-refractivity contribution in [2.45, 2.75) is 45.8 Å². The molecule has 1 aromatic carbocycles. The van der Waals surface area contributed by atoms with Crippen LogP contribution in [0.4, 0.5) is 0 Å². The Labute approximate surface area is 114 Å². The van der Waals surface area contributed by atoms with Gasteiger partial charge in [-0.05, 0) is 18.4 Å². The Hall–Kier alpha value is -1.55. The smallest absolute Gasteiger partial charge is 0.223 e. The molecule has 19 heavy (non-hydrogen) atoms. The van der Waals surface area contributed by atoms with Crippen LogP contribution in [0, 0.1) is 5.92 Å². The fourth-order valence-electron chi connectivity index (χ4n) is 1.86. The van der Waals surface area contributed by atoms with Gasteiger partial charge in [-0.25, -0.2) is 0 Å². The van der Waals surface area contributed by atoms with Crippen LogP contribution in [0.1, 0.15) is 45.2 Å². The first-order chi connectivity index (χ1) is 8.95. The lowest BCUT2D eigenvalue weighted by Gasteiger charge is -2.20. The number of rotatable bonds is 6. The molecular weight excluding hydrogens is 242 g/mol. The van der Waals surface area contributed by atoms with Crippen LogP contribution in [0.2, 0.25) is 0 Å². The Morgan fingerprint density at radius 1 is 1.32 bits per heavy atom. The van der Waals surface area contributed by atoms with Crippen molar-refractivity contribution in [2.75, 3.05) is 0 Å². The Balaban J connectivity index is 2.68. The predicted molar refractivity (Wildman–Crippen MR) is 74.7 cm³/mol. The molecule has 0 bridgehead atoms. The van der Waals surface area contributed by atoms with Gasteiger partial charge in [0.25, 0.3) is 0 Å². The van der Waals surface area contributed by atoms with E-state index in [9.17, 15) is 15.0 Å². The molecule has 2 atom stereocenters. The number of para-hydroxylation sites is 1. The molecular formula is C15H23NO3. The van der Waals surface area contributed by atoms with Gasteiger partial charge in [-0.2, -0.15) is 0 Å². The van der Waals surface area contributed by atoms with Crippen molar-refractivity contribution in [3.8, 4) is 5.75 Å². The van der Waals surface area contributed by atoms with Gasteiger partial charge in [-0.1, -0.05) is 39.0 Å². The van der Waals surface area contributed by atoms with Crippen LogP contribution in [-0.4, -0.2) is 22.2 Å². The number of phenols is 1. The van der Waals surface area contributed by atoms with Crippen LogP contribution < -0.4 is 5.32 Å². The lowest BCUT2D eigenvalue weighted by Crippen LogP contribution is -2.32. The highest BCUT2D eigenvalue weighted by Crippen LogP contribution is 2.25. The minimum atomic E-state index is -0.637. The molecule has 0 saturated heterocycles. The average Bonchev–Trinajstić information content (AvgIpc) is 2.36. The van der Waals surface area contributed by atoms with Crippen molar-refractivity contribution in [2.24, 2.45) is 5.92 Å². The second-order valence-corrected chi connectivity index (χ2v) is 5.10. The summed E-state index contributed by atoms with van der Waals surface area (Å²) in [4.78, 5) is 11.9. The second-order valence-electron chi connectivity index (χ2n) is 5.10. The summed E-state index contributed by atoms with van der Waals surface area (Å²) in [6.07, 6.45) is 0.130. The monoisotopic (exact) mass is 265 g/mol. The number of carbonyl (C=O) groups is 1. The fourth-order valence-corrected chi connectivity index (χ4v) is 1.86. The summed E-state index contributed by atoms with van der Waals surface area (Å²) in [5.41, 5.74) is 0.706. The molecule has 106 valence electrons. The third kappa shape index (κ3) is 4.56. The van der Waals surface area contributed by atoms with Crippen molar-refractivity contribution < 1.29 is 15.0 Å². The highest BCUT2D eigenvalue weighted by molar-refractivity contribution is 5.77. The Bertz CT molecular complexity index is 418. The molecule has 0 aliphatic rings. The summed E-state index contributed by atoms with van der Waals surface area (Å²) < 4.78 is 0. The van der Waals surface area contributed by atoms with Crippen molar-refractivity contribution in [3.63, 3.8) is 0 Å². The molecule has 0 saturated carbocycles. The van der Waals surface area contributed by atoms with Crippen LogP contribution in [0.3, 0.4) is 0 Å². The fraction of sp³-hybridized carbons (Fsp3) is 0.533. The molecule has 0 aliphatic heterocycles. The topological polar surface area (TPSA) is 69.6 Å². The summed E-state index contributed by atoms with van der Waals surface area (Å²) in [5.74, 6) is 0.0336. The number of nitrogens with one attached hydrogen (secondary N) is 1. The normalized spacial score (nSPS) is 14.2. The van der Waals surface area contributed by atoms with Crippen LogP contribution in [0.5, 0.6) is 5.75 Å². The first kappa shape index (κ1) is 15.5. The van der Waals surface area contributed by atoms with E-state index in [1.807, 2.05) is 26.8 Å². The molecule has 0 fully saturated rings. The molecule has 0 aliphatic carbocycles. The lowest BCUT2D eigenvalue weighted by molar-refractivity contribution is -0.124. The number of phenolic OH excluding ortho intramolecular Hbond substituents is 1. The zero-order chi connectivity index (χ0) is 14.4. The quantitative estimate of drug-likeness (QED) is 0.739. The molecule has 1 amide bonds. The van der Waals surface area contributed by atoms with Gasteiger partial charge >= 0.3 is 0 Å². The van der Waals surface area contributed by atoms with E-state index >= 15 is 0 Å². The van der Waals surface area contributed by atoms with Crippen molar-refractivity contribution in [1.82, 2.24) is 5.32 Å². The minimum absolute atomic E-state index is 0.0518. The van der Waals surface area contributed by atoms with Crippen molar-refractivity contribution >= 4 is 5.91 Å². The van der Waals surface area contributed by atoms with Gasteiger partial charge in [0.05, 0.1) is 18.6 Å². The highest BCUT2D eigenvalue weighted by atomic mass is 16.3. The largest absolute Gasteiger partial charge is 0.508 e. The van der Waals surface area contributed by atoms with E-state index in [4.69, 9.17) is 0 Å². The molecule has 0 radical (unpaired) electrons. The van der Waals surface area contributed by atoms with Gasteiger partial charge in [-0.3, -0.25) is 4.79 Å². The first-order valence-electron chi connectivity index (χ1n) is 6.71. The second kappa shape index (κ2) is 7.14. The zero-order valence-corrected chi connectivity index (χ0v) is 11.8. The predicted octanol–water partition coefficient (Wildman–Crippen LogP) is 2.37. The highest BCUT2D eigenvalue weighted by Gasteiger charge is 2.19. The third-order valence-electron chi connectivity index (χ3n) is 3.22. The molecule has 0 aromatic heterocycles. The standard InChI is InChI=1S/C15H23NO3/c1-4-12(11-7-5-6-8-13(11)17)16-15(19)9-14(18)10(2)3/h5-8,10,12,14,17-18H,4,9H2,1-3H3,(H,16,19)/t12-,14+/m1/s1. The molecule has 4 heteroatoms. The molecule has 1 rings (SSSR count). The van der Waals surface area contributed by atoms with Crippen LogP contribution >= 0.6 is 0 Å². The number of hydrogen-bond acceptors (Lipinski definition) is 3. The summed E-state index contributed by atoms with van der Waals surface area (Å²) >= 11 is 0. The summed E-state index contributed by atoms with van der Waals surface area (Å²) in [6.45, 7) is 5.69. The SMILES string of the molecule is CC[C@@H](NC(=O)C[C@H](O)C(C)C)c1ccccc1O. The maximum absolute atomic E-state index is 11.9. The number of amides is 1. The number of carbonyl (C=O) groups excluding carboxylic acids is 1. The van der Waals surface area contributed by atoms with E-state index in [0.717, 1.165) is 0 Å². The molecule has 3 N–H and O–H groups in total. The van der Waals surface area contributed by atoms with Gasteiger partial charge in [0.1, 0.15) is 5.75 Å². The number of aromatic hydroxyl groups is 1. The van der Waals surface area contributed by atoms with E-state index < -0.39 is 6.10 Å². The summed E-state index contributed by atoms with van der Waals surface area (Å²) in [7, 11) is 0. The third-order valence-corrected chi connectivity index (χ3v) is 3.22. The Morgan fingerprint density at radius 3 is 2.47 bits per heavy atom. The molecule has 0 heterocycles. The van der Waals surface area contributed by atoms with E-state index in [0.29, 0.717) is 12.0 Å². The van der Waals surface area contributed by atoms with Gasteiger partial charge in [0.2, 0.25) is 5.91 Å². The van der Waals surface area contributed by atoms with E-state index in [1.54, 1.807) is 18.2 Å². The van der Waals surface area contributed by atoms with Crippen molar-refractivity contribution in [1.29, 1.82) is 0 Å². The number of hydrogen-bond donors (Lipinski definition) is 3. The van der Waals surface area contributed by atoms with Crippen molar-refractivity contribution in [3.05, 3.63) is 29.8 Å². The van der Waals surface area contributed by atoms with Gasteiger partial charge in [-0.15, -0.1) is 0 Å². The Morgan fingerprint density at radius 2 is 1.95 bits per heavy atom. The van der Waals surface area contributed by atoms with Gasteiger partial charge in [0.15, 0.2) is 0 Å². The number of benzene rings is 1. The lowest BCUT2D eigenvalue weighted by atomic mass is 10.0. The Kier molecular flexibility index (Phi) is 5.83. The first-order valence-corrected chi connectivity index (χ1v) is 6.71. The summed E-state index contributed by atoms with van der Waals surface area (Å²) in [5, 5.41) is 22.3. The van der Waals surface area contributed by atoms with Gasteiger partial charge in [0, 0.05) is 5.56 Å². The molecule has 4 nitrogen and oxygen atoms in total. The minimum Gasteiger partial charge on any atom is -0.508 e. The molecule has 0 unspecified atom stereocenters. The van der Waals surface area contributed by atoms with Crippen LogP contribution in [-0.2, 0) is 4.79 Å². The maximum atomic E-state index is 11.9. The van der Waals surface area contributed by atoms with Crippen LogP contribution in [0.15, 0.2) is 24.3 Å². The van der Waals surface area contributed by atoms with E-state index in [1.165, 1.54) is 0 Å². The average molecular weight is 265 g/mol. The van der Waals surface area contributed by atoms with Gasteiger partial charge < -0.3 is 15.5 Å². The van der Waals surface area contributed by atoms with E-state index in [2.05, 4.69) is 5.32 Å². The zero-order valence-electron chi connectivity index (χ0n) is 11.8. The molecule has 0 spiro atoms. The summed E-state index contributed by atoms with van der Waals surface area (Å²) in [6, 6.07) is 6.74. The number of aliphatic hydroxyl groups is 1. The van der Waals surface area contributed by atoms with Crippen LogP contribution in [0.25, 0.3) is 0 Å². The molecule has 1 aromatic rings. The van der Waals surface area contributed by atoms with E-state index in [-0.39, 0.29) is 30.0 Å².